The fraction of sp³-hybridized carbons (Fsp3) is 0.308. The van der Waals surface area contributed by atoms with Crippen molar-refractivity contribution in [3.63, 3.8) is 0 Å². The van der Waals surface area contributed by atoms with Gasteiger partial charge < -0.3 is 9.73 Å². The van der Waals surface area contributed by atoms with Gasteiger partial charge in [0, 0.05) is 12.7 Å². The molecule has 1 heterocycles. The van der Waals surface area contributed by atoms with E-state index in [0.29, 0.717) is 6.42 Å². The molecular weight excluding hydrogens is 330 g/mol. The number of nitrogens with one attached hydrogen (secondary N) is 1. The van der Waals surface area contributed by atoms with E-state index in [2.05, 4.69) is 15.5 Å². The van der Waals surface area contributed by atoms with Gasteiger partial charge in [0.15, 0.2) is 0 Å². The molecule has 22 heavy (non-hydrogen) atoms. The molecule has 2 rings (SSSR count). The van der Waals surface area contributed by atoms with E-state index in [1.165, 1.54) is 0 Å². The summed E-state index contributed by atoms with van der Waals surface area (Å²) in [5.41, 5.74) is 0.918. The van der Waals surface area contributed by atoms with Gasteiger partial charge in [-0.05, 0) is 5.56 Å². The van der Waals surface area contributed by atoms with Crippen LogP contribution >= 0.6 is 11.6 Å². The lowest BCUT2D eigenvalue weighted by Gasteiger charge is -2.14. The summed E-state index contributed by atoms with van der Waals surface area (Å²) in [7, 11) is -3.60. The fourth-order valence-corrected chi connectivity index (χ4v) is 2.30. The van der Waals surface area contributed by atoms with Crippen molar-refractivity contribution in [2.24, 2.45) is 0 Å². The fourth-order valence-electron chi connectivity index (χ4n) is 1.79. The van der Waals surface area contributed by atoms with E-state index < -0.39 is 27.0 Å². The molecule has 1 aromatic heterocycles. The third-order valence-corrected chi connectivity index (χ3v) is 3.82. The minimum absolute atomic E-state index is 0.0164. The van der Waals surface area contributed by atoms with E-state index in [1.807, 2.05) is 30.3 Å². The van der Waals surface area contributed by atoms with Crippen molar-refractivity contribution in [3.05, 3.63) is 41.8 Å². The molecule has 0 aliphatic heterocycles. The minimum atomic E-state index is -3.60. The molecule has 1 N–H and O–H groups in total. The minimum Gasteiger partial charge on any atom is -0.410 e. The van der Waals surface area contributed by atoms with E-state index in [-0.39, 0.29) is 11.8 Å². The predicted octanol–water partition coefficient (Wildman–Crippen LogP) is 1.11. The first-order valence-corrected chi connectivity index (χ1v) is 8.75. The first-order chi connectivity index (χ1) is 10.4. The summed E-state index contributed by atoms with van der Waals surface area (Å²) in [5.74, 6) is -0.623. The van der Waals surface area contributed by atoms with E-state index in [9.17, 15) is 13.2 Å². The molecule has 0 saturated carbocycles. The highest BCUT2D eigenvalue weighted by atomic mass is 35.5. The Balaban J connectivity index is 2.27. The van der Waals surface area contributed by atoms with Crippen molar-refractivity contribution in [2.75, 3.05) is 12.1 Å². The van der Waals surface area contributed by atoms with Crippen LogP contribution in [0.15, 0.2) is 40.0 Å². The Kier molecular flexibility index (Phi) is 5.15. The second-order valence-electron chi connectivity index (χ2n) is 4.62. The van der Waals surface area contributed by atoms with Gasteiger partial charge in [-0.1, -0.05) is 35.4 Å². The number of rotatable bonds is 6. The van der Waals surface area contributed by atoms with Crippen LogP contribution in [-0.2, 0) is 21.1 Å². The summed E-state index contributed by atoms with van der Waals surface area (Å²) in [5, 5.41) is 9.36. The van der Waals surface area contributed by atoms with Crippen molar-refractivity contribution < 1.29 is 17.6 Å². The Hall–Kier alpha value is -1.93. The normalized spacial score (nSPS) is 12.8. The van der Waals surface area contributed by atoms with E-state index in [1.54, 1.807) is 0 Å². The molecule has 0 radical (unpaired) electrons. The number of hydrogen-bond donors (Lipinski definition) is 1. The Morgan fingerprint density at radius 3 is 2.55 bits per heavy atom. The van der Waals surface area contributed by atoms with Gasteiger partial charge in [-0.2, -0.15) is 0 Å². The molecule has 9 heteroatoms. The van der Waals surface area contributed by atoms with Crippen LogP contribution in [0.25, 0.3) is 0 Å². The standard InChI is InChI=1S/C13H14ClN3O4S/c1-22(19,20)13-17-16-12(21-13)10(15-11(18)8-14)7-9-5-3-2-4-6-9/h2-6,10H,7-8H2,1H3,(H,15,18)/t10-/m0/s1. The number of hydrogen-bond acceptors (Lipinski definition) is 6. The monoisotopic (exact) mass is 343 g/mol. The van der Waals surface area contributed by atoms with Crippen LogP contribution in [0.1, 0.15) is 17.5 Å². The third-order valence-electron chi connectivity index (χ3n) is 2.78. The summed E-state index contributed by atoms with van der Waals surface area (Å²) in [6, 6.07) is 8.65. The lowest BCUT2D eigenvalue weighted by Crippen LogP contribution is -2.31. The van der Waals surface area contributed by atoms with Crippen molar-refractivity contribution in [1.82, 2.24) is 15.5 Å². The number of aromatic nitrogens is 2. The summed E-state index contributed by atoms with van der Waals surface area (Å²) < 4.78 is 28.0. The molecule has 0 unspecified atom stereocenters. The molecule has 0 saturated heterocycles. The van der Waals surface area contributed by atoms with Crippen LogP contribution < -0.4 is 5.32 Å². The quantitative estimate of drug-likeness (QED) is 0.788. The third kappa shape index (κ3) is 4.28. The topological polar surface area (TPSA) is 102 Å². The number of nitrogens with zero attached hydrogens (tertiary/aromatic N) is 2. The molecular formula is C13H14ClN3O4S. The first kappa shape index (κ1) is 16.4. The number of amides is 1. The average molecular weight is 344 g/mol. The highest BCUT2D eigenvalue weighted by Crippen LogP contribution is 2.19. The maximum absolute atomic E-state index is 11.5. The molecule has 2 aromatic rings. The van der Waals surface area contributed by atoms with Crippen LogP contribution in [0, 0.1) is 0 Å². The number of sulfone groups is 1. The van der Waals surface area contributed by atoms with Crippen LogP contribution in [-0.4, -0.2) is 36.7 Å². The van der Waals surface area contributed by atoms with Gasteiger partial charge in [0.2, 0.25) is 21.6 Å². The number of carbonyl (C=O) groups excluding carboxylic acids is 1. The zero-order valence-electron chi connectivity index (χ0n) is 11.7. The number of alkyl halides is 1. The highest BCUT2D eigenvalue weighted by molar-refractivity contribution is 7.90. The van der Waals surface area contributed by atoms with E-state index in [4.69, 9.17) is 16.0 Å². The van der Waals surface area contributed by atoms with Gasteiger partial charge in [-0.15, -0.1) is 16.7 Å². The Morgan fingerprint density at radius 1 is 1.32 bits per heavy atom. The van der Waals surface area contributed by atoms with Crippen LogP contribution in [0.2, 0.25) is 0 Å². The molecule has 0 aliphatic carbocycles. The molecule has 1 amide bonds. The maximum Gasteiger partial charge on any atom is 0.335 e. The molecule has 0 fully saturated rings. The highest BCUT2D eigenvalue weighted by Gasteiger charge is 2.24. The van der Waals surface area contributed by atoms with Gasteiger partial charge in [0.05, 0.1) is 0 Å². The van der Waals surface area contributed by atoms with Crippen molar-refractivity contribution in [1.29, 1.82) is 0 Å². The second kappa shape index (κ2) is 6.89. The Labute approximate surface area is 132 Å². The number of halogens is 1. The van der Waals surface area contributed by atoms with E-state index in [0.717, 1.165) is 11.8 Å². The lowest BCUT2D eigenvalue weighted by molar-refractivity contribution is -0.119. The van der Waals surface area contributed by atoms with Crippen LogP contribution in [0.3, 0.4) is 0 Å². The summed E-state index contributed by atoms with van der Waals surface area (Å²) in [4.78, 5) is 11.5. The van der Waals surface area contributed by atoms with Crippen molar-refractivity contribution in [2.45, 2.75) is 17.7 Å². The molecule has 118 valence electrons. The average Bonchev–Trinajstić information content (AvgIpc) is 2.97. The molecule has 0 spiro atoms. The van der Waals surface area contributed by atoms with Gasteiger partial charge in [0.25, 0.3) is 0 Å². The van der Waals surface area contributed by atoms with Gasteiger partial charge >= 0.3 is 5.22 Å². The van der Waals surface area contributed by atoms with Crippen molar-refractivity contribution in [3.8, 4) is 0 Å². The molecule has 0 bridgehead atoms. The first-order valence-electron chi connectivity index (χ1n) is 6.33. The van der Waals surface area contributed by atoms with Gasteiger partial charge in [-0.3, -0.25) is 4.79 Å². The number of carbonyl (C=O) groups is 1. The maximum atomic E-state index is 11.5. The number of benzene rings is 1. The van der Waals surface area contributed by atoms with Crippen LogP contribution in [0.5, 0.6) is 0 Å². The van der Waals surface area contributed by atoms with Crippen molar-refractivity contribution >= 4 is 27.3 Å². The van der Waals surface area contributed by atoms with E-state index >= 15 is 0 Å². The second-order valence-corrected chi connectivity index (χ2v) is 6.78. The zero-order valence-corrected chi connectivity index (χ0v) is 13.3. The predicted molar refractivity (Wildman–Crippen MR) is 79.2 cm³/mol. The lowest BCUT2D eigenvalue weighted by atomic mass is 10.1. The molecule has 7 nitrogen and oxygen atoms in total. The molecule has 1 aromatic carbocycles. The Morgan fingerprint density at radius 2 is 2.00 bits per heavy atom. The zero-order chi connectivity index (χ0) is 16.2. The summed E-state index contributed by atoms with van der Waals surface area (Å²) in [6.45, 7) is 0. The molecule has 0 aliphatic rings. The smallest absolute Gasteiger partial charge is 0.335 e. The van der Waals surface area contributed by atoms with Gasteiger partial charge in [-0.25, -0.2) is 8.42 Å². The van der Waals surface area contributed by atoms with Gasteiger partial charge in [0.1, 0.15) is 11.9 Å². The molecule has 1 atom stereocenters. The summed E-state index contributed by atoms with van der Waals surface area (Å²) in [6.07, 6.45) is 1.34. The Bertz CT molecular complexity index is 746. The van der Waals surface area contributed by atoms with Crippen LogP contribution in [0.4, 0.5) is 0 Å². The SMILES string of the molecule is CS(=O)(=O)c1nnc([C@H](Cc2ccccc2)NC(=O)CCl)o1. The summed E-state index contributed by atoms with van der Waals surface area (Å²) >= 11 is 5.49. The largest absolute Gasteiger partial charge is 0.410 e.